The number of amides is 1. The topological polar surface area (TPSA) is 108 Å². The number of likely N-dealkylation sites (N-methyl/N-ethyl adjacent to an activating group) is 1. The Hall–Kier alpha value is -0.500. The first-order valence-electron chi connectivity index (χ1n) is 28.4. The van der Waals surface area contributed by atoms with Crippen LogP contribution in [0.4, 0.5) is 0 Å². The maximum absolute atomic E-state index is 13.0. The number of phosphoric ester groups is 1. The van der Waals surface area contributed by atoms with E-state index in [0.717, 1.165) is 38.5 Å². The van der Waals surface area contributed by atoms with Crippen LogP contribution in [0.15, 0.2) is 0 Å². The van der Waals surface area contributed by atoms with Crippen LogP contribution in [0.3, 0.4) is 0 Å². The molecule has 3 unspecified atom stereocenters. The van der Waals surface area contributed by atoms with Crippen LogP contribution in [0.2, 0.25) is 0 Å². The maximum atomic E-state index is 13.0. The average Bonchev–Trinajstić information content (AvgIpc) is 3.25. The summed E-state index contributed by atoms with van der Waals surface area (Å²) < 4.78 is 23.4. The van der Waals surface area contributed by atoms with E-state index in [1.54, 1.807) is 0 Å². The summed E-state index contributed by atoms with van der Waals surface area (Å²) in [7, 11) is 1.32. The highest BCUT2D eigenvalue weighted by Crippen LogP contribution is 2.38. The van der Waals surface area contributed by atoms with Crippen molar-refractivity contribution in [2.24, 2.45) is 0 Å². The maximum Gasteiger partial charge on any atom is 0.268 e. The molecule has 2 N–H and O–H groups in total. The van der Waals surface area contributed by atoms with E-state index in [1.807, 2.05) is 21.1 Å². The number of rotatable bonds is 53. The van der Waals surface area contributed by atoms with Gasteiger partial charge in [-0.15, -0.1) is 0 Å². The summed E-state index contributed by atoms with van der Waals surface area (Å²) in [5, 5.41) is 14.0. The standard InChI is InChI=1S/C55H113N2O6P/c1-6-8-10-12-14-16-18-20-22-24-26-27-28-29-30-31-32-34-36-38-40-42-44-46-48-54(58)53(52-63-64(60,61)62-51-50-57(3,4)5)56-55(59)49-47-45-43-41-39-37-35-33-25-23-21-19-17-15-13-11-9-7-2/h53-54,58H,6-52H2,1-5H3,(H-,56,59,60,61). The molecule has 9 heteroatoms. The highest BCUT2D eigenvalue weighted by atomic mass is 31.2. The van der Waals surface area contributed by atoms with Gasteiger partial charge in [-0.25, -0.2) is 0 Å². The summed E-state index contributed by atoms with van der Waals surface area (Å²) in [6.45, 7) is 4.78. The number of hydrogen-bond donors (Lipinski definition) is 2. The Kier molecular flexibility index (Phi) is 47.2. The molecule has 1 amide bonds. The molecule has 8 nitrogen and oxygen atoms in total. The zero-order valence-electron chi connectivity index (χ0n) is 43.8. The molecule has 0 aliphatic heterocycles. The van der Waals surface area contributed by atoms with Crippen molar-refractivity contribution >= 4 is 13.7 Å². The number of phosphoric acid groups is 1. The van der Waals surface area contributed by atoms with Crippen molar-refractivity contribution < 1.29 is 32.9 Å². The Balaban J connectivity index is 4.13. The lowest BCUT2D eigenvalue weighted by molar-refractivity contribution is -0.870. The highest BCUT2D eigenvalue weighted by molar-refractivity contribution is 7.45. The monoisotopic (exact) mass is 929 g/mol. The van der Waals surface area contributed by atoms with Gasteiger partial charge in [0.05, 0.1) is 39.9 Å². The van der Waals surface area contributed by atoms with Gasteiger partial charge in [0.25, 0.3) is 7.82 Å². The quantitative estimate of drug-likeness (QED) is 0.0357. The van der Waals surface area contributed by atoms with Crippen LogP contribution in [0.5, 0.6) is 0 Å². The molecule has 0 spiro atoms. The van der Waals surface area contributed by atoms with Gasteiger partial charge in [-0.3, -0.25) is 9.36 Å². The SMILES string of the molecule is CCCCCCCCCCCCCCCCCCCCCCCCCCC(O)C(COP(=O)([O-])OCC[N+](C)(C)C)NC(=O)CCCCCCCCCCCCCCCCCCCC. The van der Waals surface area contributed by atoms with Crippen molar-refractivity contribution in [1.82, 2.24) is 5.32 Å². The molecule has 0 bridgehead atoms. The second-order valence-corrected chi connectivity index (χ2v) is 22.4. The molecule has 0 saturated heterocycles. The van der Waals surface area contributed by atoms with Crippen LogP contribution in [-0.2, 0) is 18.4 Å². The van der Waals surface area contributed by atoms with Gasteiger partial charge in [0.1, 0.15) is 13.2 Å². The fourth-order valence-electron chi connectivity index (χ4n) is 8.87. The third-order valence-electron chi connectivity index (χ3n) is 13.3. The van der Waals surface area contributed by atoms with Crippen molar-refractivity contribution in [3.8, 4) is 0 Å². The van der Waals surface area contributed by atoms with Gasteiger partial charge >= 0.3 is 0 Å². The lowest BCUT2D eigenvalue weighted by Crippen LogP contribution is -2.46. The Labute approximate surface area is 399 Å². The van der Waals surface area contributed by atoms with E-state index in [4.69, 9.17) is 9.05 Å². The molecule has 3 atom stereocenters. The minimum absolute atomic E-state index is 0.0166. The van der Waals surface area contributed by atoms with Crippen molar-refractivity contribution in [2.75, 3.05) is 40.9 Å². The van der Waals surface area contributed by atoms with Crippen LogP contribution in [-0.4, -0.2) is 68.5 Å². The number of quaternary nitrogens is 1. The first-order valence-corrected chi connectivity index (χ1v) is 29.8. The molecule has 0 aromatic heterocycles. The summed E-state index contributed by atoms with van der Waals surface area (Å²) in [6, 6.07) is -0.795. The van der Waals surface area contributed by atoms with E-state index in [1.165, 1.54) is 231 Å². The first-order chi connectivity index (χ1) is 31.0. The molecule has 0 rings (SSSR count). The van der Waals surface area contributed by atoms with E-state index in [0.29, 0.717) is 23.9 Å². The molecule has 0 aliphatic carbocycles. The Morgan fingerprint density at radius 2 is 0.766 bits per heavy atom. The van der Waals surface area contributed by atoms with Crippen LogP contribution >= 0.6 is 7.82 Å². The number of aliphatic hydroxyl groups is 1. The largest absolute Gasteiger partial charge is 0.756 e. The van der Waals surface area contributed by atoms with Crippen LogP contribution < -0.4 is 10.2 Å². The minimum Gasteiger partial charge on any atom is -0.756 e. The van der Waals surface area contributed by atoms with Gasteiger partial charge in [0.2, 0.25) is 5.91 Å². The second kappa shape index (κ2) is 47.6. The van der Waals surface area contributed by atoms with E-state index in [-0.39, 0.29) is 19.1 Å². The molecule has 0 aromatic rings. The van der Waals surface area contributed by atoms with Gasteiger partial charge in [-0.05, 0) is 12.8 Å². The number of nitrogens with zero attached hydrogens (tertiary/aromatic N) is 1. The minimum atomic E-state index is -4.57. The molecule has 64 heavy (non-hydrogen) atoms. The Bertz CT molecular complexity index is 1010. The normalized spacial score (nSPS) is 13.9. The van der Waals surface area contributed by atoms with Gasteiger partial charge < -0.3 is 28.8 Å². The lowest BCUT2D eigenvalue weighted by Gasteiger charge is -2.30. The molecule has 0 aliphatic rings. The number of nitrogens with one attached hydrogen (secondary N) is 1. The third-order valence-corrected chi connectivity index (χ3v) is 14.3. The summed E-state index contributed by atoms with van der Waals surface area (Å²) >= 11 is 0. The number of carbonyl (C=O) groups is 1. The predicted molar refractivity (Wildman–Crippen MR) is 275 cm³/mol. The molecule has 384 valence electrons. The van der Waals surface area contributed by atoms with Crippen LogP contribution in [0.25, 0.3) is 0 Å². The fourth-order valence-corrected chi connectivity index (χ4v) is 9.59. The van der Waals surface area contributed by atoms with E-state index >= 15 is 0 Å². The average molecular weight is 929 g/mol. The van der Waals surface area contributed by atoms with Crippen molar-refractivity contribution in [3.63, 3.8) is 0 Å². The fraction of sp³-hybridized carbons (Fsp3) is 0.982. The first kappa shape index (κ1) is 63.5. The molecule has 0 aromatic carbocycles. The number of carbonyl (C=O) groups excluding carboxylic acids is 1. The van der Waals surface area contributed by atoms with Gasteiger partial charge in [-0.2, -0.15) is 0 Å². The Morgan fingerprint density at radius 3 is 1.06 bits per heavy atom. The molecular weight excluding hydrogens is 816 g/mol. The van der Waals surface area contributed by atoms with Crippen molar-refractivity contribution in [2.45, 2.75) is 309 Å². The number of hydrogen-bond acceptors (Lipinski definition) is 6. The zero-order chi connectivity index (χ0) is 47.1. The summed E-state index contributed by atoms with van der Waals surface area (Å²) in [4.78, 5) is 25.5. The van der Waals surface area contributed by atoms with Crippen molar-refractivity contribution in [3.05, 3.63) is 0 Å². The lowest BCUT2D eigenvalue weighted by atomic mass is 10.0. The molecular formula is C55H113N2O6P. The van der Waals surface area contributed by atoms with Gasteiger partial charge in [-0.1, -0.05) is 277 Å². The van der Waals surface area contributed by atoms with Crippen LogP contribution in [0.1, 0.15) is 296 Å². The summed E-state index contributed by atoms with van der Waals surface area (Å²) in [5.41, 5.74) is 0. The number of unbranched alkanes of at least 4 members (excludes halogenated alkanes) is 40. The number of aliphatic hydroxyl groups excluding tert-OH is 1. The molecule has 0 radical (unpaired) electrons. The highest BCUT2D eigenvalue weighted by Gasteiger charge is 2.24. The molecule has 0 fully saturated rings. The third kappa shape index (κ3) is 49.4. The second-order valence-electron chi connectivity index (χ2n) is 21.0. The van der Waals surface area contributed by atoms with Crippen LogP contribution in [0, 0.1) is 0 Å². The predicted octanol–water partition coefficient (Wildman–Crippen LogP) is 16.2. The van der Waals surface area contributed by atoms with Gasteiger partial charge in [0, 0.05) is 6.42 Å². The summed E-state index contributed by atoms with van der Waals surface area (Å²) in [6.07, 6.45) is 55.5. The smallest absolute Gasteiger partial charge is 0.268 e. The van der Waals surface area contributed by atoms with Crippen molar-refractivity contribution in [1.29, 1.82) is 0 Å². The zero-order valence-corrected chi connectivity index (χ0v) is 44.7. The Morgan fingerprint density at radius 1 is 0.484 bits per heavy atom. The molecule has 0 heterocycles. The molecule has 0 saturated carbocycles. The van der Waals surface area contributed by atoms with Gasteiger partial charge in [0.15, 0.2) is 0 Å². The van der Waals surface area contributed by atoms with E-state index < -0.39 is 20.0 Å². The van der Waals surface area contributed by atoms with E-state index in [2.05, 4.69) is 19.2 Å². The van der Waals surface area contributed by atoms with E-state index in [9.17, 15) is 19.4 Å². The summed E-state index contributed by atoms with van der Waals surface area (Å²) in [5.74, 6) is -0.157.